The quantitative estimate of drug-likeness (QED) is 0.701. The third-order valence-electron chi connectivity index (χ3n) is 1.93. The van der Waals surface area contributed by atoms with Gasteiger partial charge in [-0.05, 0) is 25.1 Å². The van der Waals surface area contributed by atoms with Crippen LogP contribution >= 0.6 is 0 Å². The Morgan fingerprint density at radius 1 is 1.38 bits per heavy atom. The summed E-state index contributed by atoms with van der Waals surface area (Å²) in [7, 11) is 0. The van der Waals surface area contributed by atoms with E-state index in [9.17, 15) is 8.78 Å². The maximum Gasteiger partial charge on any atom is 0.261 e. The molecule has 0 spiro atoms. The van der Waals surface area contributed by atoms with Gasteiger partial charge in [0.25, 0.3) is 6.43 Å². The molecule has 3 nitrogen and oxygen atoms in total. The molecular weight excluding hydrogens is 216 g/mol. The molecule has 1 heterocycles. The highest BCUT2D eigenvalue weighted by Gasteiger charge is 2.05. The van der Waals surface area contributed by atoms with Crippen LogP contribution in [0.15, 0.2) is 16.5 Å². The van der Waals surface area contributed by atoms with Crippen LogP contribution in [-0.4, -0.2) is 19.6 Å². The normalized spacial score (nSPS) is 11.2. The van der Waals surface area contributed by atoms with E-state index in [4.69, 9.17) is 9.15 Å². The molecule has 0 bridgehead atoms. The van der Waals surface area contributed by atoms with Crippen molar-refractivity contribution < 1.29 is 17.9 Å². The van der Waals surface area contributed by atoms with Crippen LogP contribution in [0.2, 0.25) is 0 Å². The van der Waals surface area contributed by atoms with Gasteiger partial charge in [0, 0.05) is 0 Å². The Balaban J connectivity index is 2.22. The molecule has 0 saturated carbocycles. The molecular formula is C11H17F2NO2. The van der Waals surface area contributed by atoms with Gasteiger partial charge in [-0.2, -0.15) is 0 Å². The van der Waals surface area contributed by atoms with Crippen molar-refractivity contribution in [3.63, 3.8) is 0 Å². The van der Waals surface area contributed by atoms with Crippen LogP contribution in [-0.2, 0) is 17.9 Å². The van der Waals surface area contributed by atoms with E-state index in [1.807, 2.05) is 6.07 Å². The molecule has 1 N–H and O–H groups in total. The fourth-order valence-electron chi connectivity index (χ4n) is 1.23. The lowest BCUT2D eigenvalue weighted by Crippen LogP contribution is -2.13. The summed E-state index contributed by atoms with van der Waals surface area (Å²) in [6.07, 6.45) is -1.37. The fraction of sp³-hybridized carbons (Fsp3) is 0.636. The van der Waals surface area contributed by atoms with Crippen molar-refractivity contribution in [1.82, 2.24) is 5.32 Å². The smallest absolute Gasteiger partial charge is 0.261 e. The van der Waals surface area contributed by atoms with E-state index < -0.39 is 13.0 Å². The van der Waals surface area contributed by atoms with Crippen molar-refractivity contribution >= 4 is 0 Å². The number of hydrogen-bond acceptors (Lipinski definition) is 3. The van der Waals surface area contributed by atoms with Crippen molar-refractivity contribution in [1.29, 1.82) is 0 Å². The summed E-state index contributed by atoms with van der Waals surface area (Å²) < 4.78 is 33.7. The Labute approximate surface area is 93.8 Å². The lowest BCUT2D eigenvalue weighted by Gasteiger charge is -2.01. The first kappa shape index (κ1) is 13.1. The summed E-state index contributed by atoms with van der Waals surface area (Å²) >= 11 is 0. The van der Waals surface area contributed by atoms with Gasteiger partial charge in [0.15, 0.2) is 0 Å². The second-order valence-electron chi connectivity index (χ2n) is 3.45. The summed E-state index contributed by atoms with van der Waals surface area (Å²) in [4.78, 5) is 0. The lowest BCUT2D eigenvalue weighted by molar-refractivity contribution is 0.00427. The van der Waals surface area contributed by atoms with Crippen LogP contribution in [0.4, 0.5) is 8.78 Å². The fourth-order valence-corrected chi connectivity index (χ4v) is 1.23. The third kappa shape index (κ3) is 5.23. The highest BCUT2D eigenvalue weighted by Crippen LogP contribution is 2.09. The summed E-state index contributed by atoms with van der Waals surface area (Å²) in [6, 6.07) is 3.57. The molecule has 92 valence electrons. The molecule has 0 aliphatic carbocycles. The minimum atomic E-state index is -2.43. The van der Waals surface area contributed by atoms with Crippen LogP contribution < -0.4 is 5.32 Å². The van der Waals surface area contributed by atoms with E-state index in [1.165, 1.54) is 0 Å². The third-order valence-corrected chi connectivity index (χ3v) is 1.93. The lowest BCUT2D eigenvalue weighted by atomic mass is 10.4. The van der Waals surface area contributed by atoms with Crippen molar-refractivity contribution in [2.24, 2.45) is 0 Å². The first-order valence-electron chi connectivity index (χ1n) is 5.36. The highest BCUT2D eigenvalue weighted by atomic mass is 19.3. The van der Waals surface area contributed by atoms with Gasteiger partial charge in [0.1, 0.15) is 24.7 Å². The van der Waals surface area contributed by atoms with Crippen molar-refractivity contribution in [3.05, 3.63) is 23.7 Å². The molecule has 1 rings (SSSR count). The average Bonchev–Trinajstić information content (AvgIpc) is 2.66. The molecule has 0 saturated heterocycles. The number of alkyl halides is 2. The second kappa shape index (κ2) is 7.35. The van der Waals surface area contributed by atoms with Crippen molar-refractivity contribution in [2.45, 2.75) is 32.9 Å². The number of rotatable bonds is 8. The molecule has 0 atom stereocenters. The number of hydrogen-bond donors (Lipinski definition) is 1. The van der Waals surface area contributed by atoms with Gasteiger partial charge in [-0.15, -0.1) is 0 Å². The molecule has 0 fully saturated rings. The van der Waals surface area contributed by atoms with E-state index in [0.717, 1.165) is 18.7 Å². The van der Waals surface area contributed by atoms with Gasteiger partial charge < -0.3 is 14.5 Å². The van der Waals surface area contributed by atoms with Crippen LogP contribution in [0, 0.1) is 0 Å². The zero-order valence-corrected chi connectivity index (χ0v) is 9.34. The summed E-state index contributed by atoms with van der Waals surface area (Å²) in [5, 5.41) is 3.18. The maximum atomic E-state index is 11.8. The summed E-state index contributed by atoms with van der Waals surface area (Å²) in [5.41, 5.74) is 0. The van der Waals surface area contributed by atoms with Gasteiger partial charge in [-0.25, -0.2) is 8.78 Å². The Kier molecular flexibility index (Phi) is 6.03. The molecule has 5 heteroatoms. The van der Waals surface area contributed by atoms with Gasteiger partial charge in [-0.3, -0.25) is 0 Å². The standard InChI is InChI=1S/C11H17F2NO2/c1-2-5-14-6-9-3-4-10(16-9)7-15-8-11(12)13/h3-4,11,14H,2,5-8H2,1H3. The van der Waals surface area contributed by atoms with E-state index in [1.54, 1.807) is 6.07 Å². The monoisotopic (exact) mass is 233 g/mol. The minimum Gasteiger partial charge on any atom is -0.462 e. The molecule has 1 aromatic heterocycles. The molecule has 0 aliphatic rings. The van der Waals surface area contributed by atoms with Gasteiger partial charge >= 0.3 is 0 Å². The number of furan rings is 1. The van der Waals surface area contributed by atoms with Crippen LogP contribution in [0.3, 0.4) is 0 Å². The van der Waals surface area contributed by atoms with E-state index in [-0.39, 0.29) is 6.61 Å². The zero-order valence-electron chi connectivity index (χ0n) is 9.34. The first-order chi connectivity index (χ1) is 7.72. The largest absolute Gasteiger partial charge is 0.462 e. The van der Waals surface area contributed by atoms with Gasteiger partial charge in [-0.1, -0.05) is 6.92 Å². The summed E-state index contributed by atoms with van der Waals surface area (Å²) in [6.45, 7) is 3.21. The second-order valence-corrected chi connectivity index (χ2v) is 3.45. The maximum absolute atomic E-state index is 11.8. The van der Waals surface area contributed by atoms with Gasteiger partial charge in [0.2, 0.25) is 0 Å². The van der Waals surface area contributed by atoms with Crippen LogP contribution in [0.1, 0.15) is 24.9 Å². The van der Waals surface area contributed by atoms with Gasteiger partial charge in [0.05, 0.1) is 6.54 Å². The molecule has 0 aliphatic heterocycles. The molecule has 0 aromatic carbocycles. The van der Waals surface area contributed by atoms with E-state index in [2.05, 4.69) is 12.2 Å². The Bertz CT molecular complexity index is 289. The van der Waals surface area contributed by atoms with E-state index >= 15 is 0 Å². The molecule has 1 aromatic rings. The van der Waals surface area contributed by atoms with Crippen LogP contribution in [0.5, 0.6) is 0 Å². The SMILES string of the molecule is CCCNCc1ccc(COCC(F)F)o1. The molecule has 16 heavy (non-hydrogen) atoms. The molecule has 0 amide bonds. The molecule has 0 unspecified atom stereocenters. The number of nitrogens with one attached hydrogen (secondary N) is 1. The minimum absolute atomic E-state index is 0.0954. The van der Waals surface area contributed by atoms with Crippen LogP contribution in [0.25, 0.3) is 0 Å². The Hall–Kier alpha value is -0.940. The average molecular weight is 233 g/mol. The first-order valence-corrected chi connectivity index (χ1v) is 5.36. The zero-order chi connectivity index (χ0) is 11.8. The predicted molar refractivity (Wildman–Crippen MR) is 56.4 cm³/mol. The topological polar surface area (TPSA) is 34.4 Å². The van der Waals surface area contributed by atoms with E-state index in [0.29, 0.717) is 12.3 Å². The summed E-state index contributed by atoms with van der Waals surface area (Å²) in [5.74, 6) is 1.37. The van der Waals surface area contributed by atoms with Crippen molar-refractivity contribution in [3.8, 4) is 0 Å². The van der Waals surface area contributed by atoms with Crippen molar-refractivity contribution in [2.75, 3.05) is 13.2 Å². The Morgan fingerprint density at radius 3 is 2.81 bits per heavy atom. The highest BCUT2D eigenvalue weighted by molar-refractivity contribution is 5.06. The number of ether oxygens (including phenoxy) is 1. The molecule has 0 radical (unpaired) electrons. The Morgan fingerprint density at radius 2 is 2.12 bits per heavy atom. The predicted octanol–water partition coefficient (Wildman–Crippen LogP) is 2.56. The number of halogens is 2.